The molecule has 1 aliphatic heterocycles. The van der Waals surface area contributed by atoms with Gasteiger partial charge in [0.25, 0.3) is 5.91 Å². The average molecular weight is 357 g/mol. The van der Waals surface area contributed by atoms with Gasteiger partial charge in [-0.05, 0) is 11.1 Å². The molecule has 2 aromatic rings. The normalized spacial score (nSPS) is 21.8. The Balaban J connectivity index is 1.48. The molecule has 1 aromatic heterocycles. The Hall–Kier alpha value is -2.25. The molecule has 7 heteroatoms. The first-order chi connectivity index (χ1) is 12.5. The number of benzene rings is 1. The smallest absolute Gasteiger partial charge is 0.255 e. The number of nitrogens with zero attached hydrogens (tertiary/aromatic N) is 3. The van der Waals surface area contributed by atoms with Crippen molar-refractivity contribution in [3.05, 3.63) is 47.1 Å². The lowest BCUT2D eigenvalue weighted by atomic mass is 9.98. The van der Waals surface area contributed by atoms with Crippen molar-refractivity contribution in [2.24, 2.45) is 0 Å². The maximum absolute atomic E-state index is 13.0. The maximum Gasteiger partial charge on any atom is 0.255 e. The van der Waals surface area contributed by atoms with E-state index in [-0.39, 0.29) is 11.8 Å². The van der Waals surface area contributed by atoms with Crippen LogP contribution in [0.2, 0.25) is 0 Å². The van der Waals surface area contributed by atoms with Crippen molar-refractivity contribution in [3.63, 3.8) is 0 Å². The third kappa shape index (κ3) is 3.01. The number of carbonyl (C=O) groups is 1. The molecule has 0 saturated carbocycles. The molecule has 2 heterocycles. The van der Waals surface area contributed by atoms with Crippen LogP contribution in [0.15, 0.2) is 28.8 Å². The minimum atomic E-state index is -1.38. The summed E-state index contributed by atoms with van der Waals surface area (Å²) in [6.07, 6.45) is 0.268. The minimum Gasteiger partial charge on any atom is -0.379 e. The summed E-state index contributed by atoms with van der Waals surface area (Å²) in [5.41, 5.74) is 0.687. The van der Waals surface area contributed by atoms with Gasteiger partial charge in [-0.15, -0.1) is 0 Å². The third-order valence-corrected chi connectivity index (χ3v) is 5.08. The van der Waals surface area contributed by atoms with E-state index in [1.54, 1.807) is 4.90 Å². The number of fused-ring (bicyclic) bond motifs is 1. The fraction of sp³-hybridized carbons (Fsp3) is 0.526. The Morgan fingerprint density at radius 2 is 2.00 bits per heavy atom. The molecular formula is C19H23N3O4. The van der Waals surface area contributed by atoms with Crippen LogP contribution in [0.3, 0.4) is 0 Å². The number of amides is 1. The van der Waals surface area contributed by atoms with E-state index >= 15 is 0 Å². The van der Waals surface area contributed by atoms with Crippen molar-refractivity contribution in [1.82, 2.24) is 15.0 Å². The van der Waals surface area contributed by atoms with Gasteiger partial charge in [0.2, 0.25) is 11.7 Å². The van der Waals surface area contributed by atoms with Crippen LogP contribution in [0.5, 0.6) is 0 Å². The van der Waals surface area contributed by atoms with E-state index in [9.17, 15) is 9.90 Å². The summed E-state index contributed by atoms with van der Waals surface area (Å²) in [6, 6.07) is 7.80. The van der Waals surface area contributed by atoms with Gasteiger partial charge in [-0.3, -0.25) is 4.79 Å². The first-order valence-electron chi connectivity index (χ1n) is 9.00. The number of hydrogen-bond acceptors (Lipinski definition) is 6. The zero-order chi connectivity index (χ0) is 18.3. The molecule has 4 rings (SSSR count). The molecule has 0 bridgehead atoms. The van der Waals surface area contributed by atoms with Gasteiger partial charge in [-0.25, -0.2) is 0 Å². The predicted molar refractivity (Wildman–Crippen MR) is 92.5 cm³/mol. The van der Waals surface area contributed by atoms with Crippen LogP contribution < -0.4 is 0 Å². The van der Waals surface area contributed by atoms with Crippen molar-refractivity contribution >= 4 is 5.91 Å². The molecular weight excluding hydrogens is 334 g/mol. The molecule has 138 valence electrons. The van der Waals surface area contributed by atoms with Crippen molar-refractivity contribution in [3.8, 4) is 0 Å². The maximum atomic E-state index is 13.0. The second-order valence-electron chi connectivity index (χ2n) is 7.41. The monoisotopic (exact) mass is 357 g/mol. The SMILES string of the molecule is CC(C)c1nc([C@@H]2CN(C(=O)C3(O)Cc4ccccc4C3)CCO2)no1. The van der Waals surface area contributed by atoms with E-state index in [1.165, 1.54) is 0 Å². The fourth-order valence-electron chi connectivity index (χ4n) is 3.64. The van der Waals surface area contributed by atoms with Gasteiger partial charge in [0, 0.05) is 25.3 Å². The summed E-state index contributed by atoms with van der Waals surface area (Å²) in [5.74, 6) is 0.884. The van der Waals surface area contributed by atoms with Crippen LogP contribution in [0.25, 0.3) is 0 Å². The lowest BCUT2D eigenvalue weighted by Crippen LogP contribution is -2.53. The molecule has 1 atom stereocenters. The van der Waals surface area contributed by atoms with Gasteiger partial charge in [0.15, 0.2) is 5.60 Å². The van der Waals surface area contributed by atoms with Gasteiger partial charge in [-0.1, -0.05) is 43.3 Å². The van der Waals surface area contributed by atoms with Crippen LogP contribution in [0, 0.1) is 0 Å². The molecule has 1 N–H and O–H groups in total. The zero-order valence-corrected chi connectivity index (χ0v) is 15.0. The number of morpholine rings is 1. The second-order valence-corrected chi connectivity index (χ2v) is 7.41. The molecule has 0 unspecified atom stereocenters. The van der Waals surface area contributed by atoms with E-state index in [4.69, 9.17) is 9.26 Å². The highest BCUT2D eigenvalue weighted by molar-refractivity contribution is 5.87. The van der Waals surface area contributed by atoms with E-state index in [1.807, 2.05) is 38.1 Å². The van der Waals surface area contributed by atoms with Gasteiger partial charge in [0.1, 0.15) is 6.10 Å². The van der Waals surface area contributed by atoms with Gasteiger partial charge in [-0.2, -0.15) is 4.98 Å². The Morgan fingerprint density at radius 3 is 2.62 bits per heavy atom. The molecule has 2 aliphatic rings. The Morgan fingerprint density at radius 1 is 1.31 bits per heavy atom. The van der Waals surface area contributed by atoms with Crippen molar-refractivity contribution < 1.29 is 19.2 Å². The third-order valence-electron chi connectivity index (χ3n) is 5.08. The van der Waals surface area contributed by atoms with E-state index in [2.05, 4.69) is 10.1 Å². The van der Waals surface area contributed by atoms with Crippen LogP contribution in [-0.4, -0.2) is 51.4 Å². The summed E-state index contributed by atoms with van der Waals surface area (Å²) in [7, 11) is 0. The summed E-state index contributed by atoms with van der Waals surface area (Å²) >= 11 is 0. The molecule has 1 fully saturated rings. The number of ether oxygens (including phenoxy) is 1. The Bertz CT molecular complexity index is 792. The summed E-state index contributed by atoms with van der Waals surface area (Å²) in [6.45, 7) is 5.09. The topological polar surface area (TPSA) is 88.7 Å². The molecule has 7 nitrogen and oxygen atoms in total. The molecule has 1 aromatic carbocycles. The van der Waals surface area contributed by atoms with Crippen LogP contribution in [0.4, 0.5) is 0 Å². The summed E-state index contributed by atoms with van der Waals surface area (Å²) in [4.78, 5) is 19.1. The molecule has 26 heavy (non-hydrogen) atoms. The fourth-order valence-corrected chi connectivity index (χ4v) is 3.64. The van der Waals surface area contributed by atoms with Crippen LogP contribution >= 0.6 is 0 Å². The van der Waals surface area contributed by atoms with Crippen molar-refractivity contribution in [1.29, 1.82) is 0 Å². The summed E-state index contributed by atoms with van der Waals surface area (Å²) < 4.78 is 11.0. The van der Waals surface area contributed by atoms with Crippen LogP contribution in [-0.2, 0) is 22.4 Å². The van der Waals surface area contributed by atoms with E-state index in [0.29, 0.717) is 44.3 Å². The first kappa shape index (κ1) is 17.2. The highest BCUT2D eigenvalue weighted by Gasteiger charge is 2.45. The van der Waals surface area contributed by atoms with Gasteiger partial charge >= 0.3 is 0 Å². The predicted octanol–water partition coefficient (Wildman–Crippen LogP) is 1.62. The number of hydrogen-bond donors (Lipinski definition) is 1. The Labute approximate surface area is 152 Å². The number of rotatable bonds is 3. The minimum absolute atomic E-state index is 0.135. The highest BCUT2D eigenvalue weighted by Crippen LogP contribution is 2.33. The largest absolute Gasteiger partial charge is 0.379 e. The zero-order valence-electron chi connectivity index (χ0n) is 15.0. The number of carbonyl (C=O) groups excluding carboxylic acids is 1. The first-order valence-corrected chi connectivity index (χ1v) is 9.00. The molecule has 1 saturated heterocycles. The lowest BCUT2D eigenvalue weighted by Gasteiger charge is -2.35. The average Bonchev–Trinajstić information content (AvgIpc) is 3.26. The van der Waals surface area contributed by atoms with E-state index < -0.39 is 11.7 Å². The molecule has 0 spiro atoms. The molecule has 0 radical (unpaired) electrons. The lowest BCUT2D eigenvalue weighted by molar-refractivity contribution is -0.158. The van der Waals surface area contributed by atoms with Crippen molar-refractivity contribution in [2.45, 2.75) is 44.3 Å². The number of aromatic nitrogens is 2. The highest BCUT2D eigenvalue weighted by atomic mass is 16.5. The summed E-state index contributed by atoms with van der Waals surface area (Å²) in [5, 5.41) is 15.0. The molecule has 1 aliphatic carbocycles. The Kier molecular flexibility index (Phi) is 4.28. The second kappa shape index (κ2) is 6.48. The van der Waals surface area contributed by atoms with Crippen molar-refractivity contribution in [2.75, 3.05) is 19.7 Å². The van der Waals surface area contributed by atoms with Crippen LogP contribution in [0.1, 0.15) is 48.7 Å². The van der Waals surface area contributed by atoms with E-state index in [0.717, 1.165) is 11.1 Å². The number of aliphatic hydroxyl groups is 1. The molecule has 1 amide bonds. The standard InChI is InChI=1S/C19H23N3O4/c1-12(2)17-20-16(21-26-17)15-11-22(7-8-25-15)18(23)19(24)9-13-5-3-4-6-14(13)10-19/h3-6,12,15,24H,7-11H2,1-2H3/t15-/m0/s1. The quantitative estimate of drug-likeness (QED) is 0.898. The van der Waals surface area contributed by atoms with Gasteiger partial charge < -0.3 is 19.3 Å². The van der Waals surface area contributed by atoms with Gasteiger partial charge in [0.05, 0.1) is 13.2 Å².